The Balaban J connectivity index is 2.01. The van der Waals surface area contributed by atoms with Crippen LogP contribution in [0.15, 0.2) is 29.1 Å². The molecule has 0 saturated heterocycles. The maximum Gasteiger partial charge on any atom is 0.192 e. The normalized spacial score (nSPS) is 12.0. The number of phenols is 1. The number of benzene rings is 2. The van der Waals surface area contributed by atoms with Crippen LogP contribution in [-0.2, 0) is 6.54 Å². The summed E-state index contributed by atoms with van der Waals surface area (Å²) in [6.45, 7) is 0.826. The van der Waals surface area contributed by atoms with Gasteiger partial charge in [-0.3, -0.25) is 4.79 Å². The Kier molecular flexibility index (Phi) is 5.79. The minimum absolute atomic E-state index is 0.0203. The zero-order valence-corrected chi connectivity index (χ0v) is 16.8. The molecule has 10 heteroatoms. The van der Waals surface area contributed by atoms with E-state index in [9.17, 15) is 25.2 Å². The Labute approximate surface area is 176 Å². The molecule has 0 amide bonds. The summed E-state index contributed by atoms with van der Waals surface area (Å²) in [4.78, 5) is 12.6. The number of aliphatic hydroxyl groups is 2. The highest BCUT2D eigenvalue weighted by Gasteiger charge is 2.23. The van der Waals surface area contributed by atoms with Crippen molar-refractivity contribution in [3.63, 3.8) is 0 Å². The molecule has 2 aromatic carbocycles. The molecule has 0 bridgehead atoms. The van der Waals surface area contributed by atoms with Gasteiger partial charge >= 0.3 is 0 Å². The molecule has 10 nitrogen and oxygen atoms in total. The number of nitrogens with zero attached hydrogens (tertiary/aromatic N) is 2. The molecule has 0 aliphatic rings. The first-order valence-electron chi connectivity index (χ1n) is 10.1. The molecule has 0 saturated carbocycles. The van der Waals surface area contributed by atoms with Gasteiger partial charge in [0.2, 0.25) is 0 Å². The van der Waals surface area contributed by atoms with E-state index in [2.05, 4.69) is 15.7 Å². The van der Waals surface area contributed by atoms with E-state index in [-0.39, 0.29) is 42.2 Å². The molecular weight excluding hydrogens is 402 g/mol. The molecule has 0 spiro atoms. The Bertz CT molecular complexity index is 1280. The Morgan fingerprint density at radius 3 is 2.55 bits per heavy atom. The van der Waals surface area contributed by atoms with Gasteiger partial charge in [0.05, 0.1) is 41.2 Å². The average molecular weight is 427 g/mol. The van der Waals surface area contributed by atoms with E-state index >= 15 is 0 Å². The first-order chi connectivity index (χ1) is 15.0. The van der Waals surface area contributed by atoms with Crippen LogP contribution < -0.4 is 21.8 Å². The monoisotopic (exact) mass is 427 g/mol. The van der Waals surface area contributed by atoms with Gasteiger partial charge in [-0.25, -0.2) is 4.52 Å². The number of aromatic nitrogens is 2. The highest BCUT2D eigenvalue weighted by molar-refractivity contribution is 6.14. The molecule has 164 valence electrons. The summed E-state index contributed by atoms with van der Waals surface area (Å²) < 4.78 is 1.47. The smallest absolute Gasteiger partial charge is 0.192 e. The second-order valence-electron chi connectivity index (χ2n) is 7.41. The van der Waals surface area contributed by atoms with E-state index in [0.29, 0.717) is 40.8 Å². The molecule has 0 unspecified atom stereocenters. The van der Waals surface area contributed by atoms with Gasteiger partial charge in [-0.2, -0.15) is 5.10 Å². The Hall–Kier alpha value is -3.18. The third-order valence-corrected chi connectivity index (χ3v) is 5.42. The molecule has 8 N–H and O–H groups in total. The first kappa shape index (κ1) is 21.1. The molecule has 0 aliphatic carbocycles. The number of fused-ring (bicyclic) bond motifs is 2. The fourth-order valence-electron chi connectivity index (χ4n) is 3.83. The number of pyridine rings is 1. The SMILES string of the molecule is NCCCNc1ccc2c(CNC(CO)CO)nn3c4c(O)ccc(=O)c4c(O)c1c23. The number of hydrogen-bond donors (Lipinski definition) is 7. The van der Waals surface area contributed by atoms with Gasteiger partial charge in [0.25, 0.3) is 0 Å². The molecule has 31 heavy (non-hydrogen) atoms. The zero-order valence-electron chi connectivity index (χ0n) is 16.8. The van der Waals surface area contributed by atoms with Crippen LogP contribution in [-0.4, -0.2) is 62.4 Å². The number of nitrogens with one attached hydrogen (secondary N) is 2. The maximum atomic E-state index is 12.6. The summed E-state index contributed by atoms with van der Waals surface area (Å²) in [7, 11) is 0. The number of aliphatic hydroxyl groups excluding tert-OH is 2. The molecule has 0 atom stereocenters. The van der Waals surface area contributed by atoms with Gasteiger partial charge in [-0.15, -0.1) is 0 Å². The fourth-order valence-corrected chi connectivity index (χ4v) is 3.83. The molecule has 4 aromatic rings. The lowest BCUT2D eigenvalue weighted by Crippen LogP contribution is -2.35. The van der Waals surface area contributed by atoms with Crippen molar-refractivity contribution in [1.82, 2.24) is 14.9 Å². The van der Waals surface area contributed by atoms with Crippen LogP contribution in [0.25, 0.3) is 27.2 Å². The zero-order chi connectivity index (χ0) is 22.1. The van der Waals surface area contributed by atoms with Gasteiger partial charge in [0, 0.05) is 24.2 Å². The minimum Gasteiger partial charge on any atom is -0.506 e. The van der Waals surface area contributed by atoms with E-state index in [0.717, 1.165) is 6.42 Å². The topological polar surface area (TPSA) is 165 Å². The molecule has 2 aromatic heterocycles. The number of rotatable bonds is 9. The van der Waals surface area contributed by atoms with Gasteiger partial charge in [-0.05, 0) is 37.2 Å². The van der Waals surface area contributed by atoms with Crippen molar-refractivity contribution in [2.24, 2.45) is 5.73 Å². The van der Waals surface area contributed by atoms with Gasteiger partial charge in [-0.1, -0.05) is 0 Å². The second kappa shape index (κ2) is 8.52. The molecule has 2 heterocycles. The van der Waals surface area contributed by atoms with Crippen LogP contribution in [0.2, 0.25) is 0 Å². The van der Waals surface area contributed by atoms with Gasteiger partial charge < -0.3 is 36.8 Å². The Morgan fingerprint density at radius 2 is 1.84 bits per heavy atom. The van der Waals surface area contributed by atoms with Crippen LogP contribution in [0.3, 0.4) is 0 Å². The van der Waals surface area contributed by atoms with Gasteiger partial charge in [0.1, 0.15) is 17.0 Å². The van der Waals surface area contributed by atoms with Crippen LogP contribution in [0.1, 0.15) is 12.1 Å². The highest BCUT2D eigenvalue weighted by atomic mass is 16.3. The summed E-state index contributed by atoms with van der Waals surface area (Å²) in [5.41, 5.74) is 7.01. The van der Waals surface area contributed by atoms with Gasteiger partial charge in [0.15, 0.2) is 5.43 Å². The average Bonchev–Trinajstić information content (AvgIpc) is 3.13. The number of phenolic OH excluding ortho intramolecular Hbond substituents is 1. The van der Waals surface area contributed by atoms with E-state index in [1.54, 1.807) is 6.07 Å². The summed E-state index contributed by atoms with van der Waals surface area (Å²) in [5, 5.41) is 52.2. The van der Waals surface area contributed by atoms with Crippen molar-refractivity contribution in [2.45, 2.75) is 19.0 Å². The van der Waals surface area contributed by atoms with Crippen LogP contribution in [0.5, 0.6) is 11.5 Å². The summed E-state index contributed by atoms with van der Waals surface area (Å²) in [6.07, 6.45) is 0.723. The first-order valence-corrected chi connectivity index (χ1v) is 10.1. The van der Waals surface area contributed by atoms with Crippen molar-refractivity contribution in [3.8, 4) is 11.5 Å². The number of anilines is 1. The standard InChI is InChI=1S/C21H25N5O5/c22-6-1-7-23-13-3-2-12-14(8-24-11(9-27)10-28)25-26-19(12)17(13)21(31)18-15(29)4-5-16(30)20(18)26/h2-5,11,23-24,27-28,30-31H,1,6-10,22H2. The van der Waals surface area contributed by atoms with Crippen molar-refractivity contribution in [3.05, 3.63) is 40.2 Å². The van der Waals surface area contributed by atoms with Crippen LogP contribution in [0, 0.1) is 0 Å². The summed E-state index contributed by atoms with van der Waals surface area (Å²) >= 11 is 0. The highest BCUT2D eigenvalue weighted by Crippen LogP contribution is 2.42. The lowest BCUT2D eigenvalue weighted by molar-refractivity contribution is 0.170. The third-order valence-electron chi connectivity index (χ3n) is 5.42. The lowest BCUT2D eigenvalue weighted by atomic mass is 10.0. The summed E-state index contributed by atoms with van der Waals surface area (Å²) in [5.74, 6) is -0.409. The van der Waals surface area contributed by atoms with E-state index in [4.69, 9.17) is 5.73 Å². The third kappa shape index (κ3) is 3.49. The predicted molar refractivity (Wildman–Crippen MR) is 118 cm³/mol. The minimum atomic E-state index is -0.518. The number of nitrogens with two attached hydrogens (primary N) is 1. The quantitative estimate of drug-likeness (QED) is 0.144. The van der Waals surface area contributed by atoms with E-state index < -0.39 is 11.5 Å². The van der Waals surface area contributed by atoms with Crippen LogP contribution in [0.4, 0.5) is 5.69 Å². The molecule has 0 radical (unpaired) electrons. The van der Waals surface area contributed by atoms with Crippen LogP contribution >= 0.6 is 0 Å². The predicted octanol–water partition coefficient (Wildman–Crippen LogP) is 0.0534. The maximum absolute atomic E-state index is 12.6. The second-order valence-corrected chi connectivity index (χ2v) is 7.41. The summed E-state index contributed by atoms with van der Waals surface area (Å²) in [6, 6.07) is 5.61. The van der Waals surface area contributed by atoms with Crippen molar-refractivity contribution < 1.29 is 20.4 Å². The van der Waals surface area contributed by atoms with Crippen molar-refractivity contribution in [2.75, 3.05) is 31.6 Å². The largest absolute Gasteiger partial charge is 0.506 e. The fraction of sp³-hybridized carbons (Fsp3) is 0.333. The van der Waals surface area contributed by atoms with E-state index in [1.807, 2.05) is 6.07 Å². The number of aromatic hydroxyl groups is 2. The van der Waals surface area contributed by atoms with Crippen molar-refractivity contribution in [1.29, 1.82) is 0 Å². The Morgan fingerprint density at radius 1 is 1.06 bits per heavy atom. The molecule has 0 aliphatic heterocycles. The lowest BCUT2D eigenvalue weighted by Gasteiger charge is -2.14. The molecular formula is C21H25N5O5. The molecule has 0 fully saturated rings. The van der Waals surface area contributed by atoms with Crippen molar-refractivity contribution >= 4 is 32.9 Å². The molecule has 4 rings (SSSR count). The van der Waals surface area contributed by atoms with E-state index in [1.165, 1.54) is 16.6 Å². The number of hydrogen-bond acceptors (Lipinski definition) is 9.